The lowest BCUT2D eigenvalue weighted by Gasteiger charge is -2.03. The Balaban J connectivity index is 2.09. The molecule has 0 saturated carbocycles. The second kappa shape index (κ2) is 3.90. The first kappa shape index (κ1) is 10.4. The van der Waals surface area contributed by atoms with Gasteiger partial charge in [0.1, 0.15) is 0 Å². The summed E-state index contributed by atoms with van der Waals surface area (Å²) in [6, 6.07) is 11.9. The van der Waals surface area contributed by atoms with Gasteiger partial charge >= 0.3 is 0 Å². The normalized spacial score (nSPS) is 11.8. The number of hydrogen-bond acceptors (Lipinski definition) is 1. The summed E-state index contributed by atoms with van der Waals surface area (Å²) in [6.45, 7) is 0. The molecule has 0 saturated heterocycles. The Labute approximate surface area is 104 Å². The molecule has 3 heteroatoms. The number of benzene rings is 2. The largest absolute Gasteiger partial charge is 0.329 e. The number of fused-ring (bicyclic) bond motifs is 3. The number of hydrogen-bond donors (Lipinski definition) is 1. The third kappa shape index (κ3) is 1.71. The lowest BCUT2D eigenvalue weighted by molar-refractivity contribution is -0.105. The van der Waals surface area contributed by atoms with E-state index in [1.807, 2.05) is 30.3 Å². The van der Waals surface area contributed by atoms with Gasteiger partial charge in [0, 0.05) is 10.7 Å². The van der Waals surface area contributed by atoms with Crippen LogP contribution in [0.3, 0.4) is 0 Å². The van der Waals surface area contributed by atoms with Crippen LogP contribution in [0.2, 0.25) is 5.02 Å². The number of halogens is 1. The van der Waals surface area contributed by atoms with Gasteiger partial charge in [0.05, 0.1) is 0 Å². The average molecular weight is 244 g/mol. The summed E-state index contributed by atoms with van der Waals surface area (Å²) in [5.41, 5.74) is 5.78. The van der Waals surface area contributed by atoms with E-state index in [9.17, 15) is 4.79 Å². The van der Waals surface area contributed by atoms with Crippen LogP contribution in [0.5, 0.6) is 0 Å². The fourth-order valence-electron chi connectivity index (χ4n) is 2.34. The molecule has 2 aromatic rings. The van der Waals surface area contributed by atoms with Crippen molar-refractivity contribution in [2.24, 2.45) is 0 Å². The van der Waals surface area contributed by atoms with Crippen molar-refractivity contribution in [2.45, 2.75) is 6.42 Å². The molecule has 0 radical (unpaired) electrons. The molecule has 0 aliphatic heterocycles. The minimum absolute atomic E-state index is 0.695. The van der Waals surface area contributed by atoms with Crippen molar-refractivity contribution < 1.29 is 4.79 Å². The third-order valence-corrected chi connectivity index (χ3v) is 3.30. The van der Waals surface area contributed by atoms with Gasteiger partial charge in [-0.25, -0.2) is 0 Å². The summed E-state index contributed by atoms with van der Waals surface area (Å²) >= 11 is 5.99. The summed E-state index contributed by atoms with van der Waals surface area (Å²) < 4.78 is 0. The number of nitrogens with one attached hydrogen (secondary N) is 1. The Morgan fingerprint density at radius 2 is 1.76 bits per heavy atom. The molecule has 2 nitrogen and oxygen atoms in total. The van der Waals surface area contributed by atoms with Crippen LogP contribution in [0.25, 0.3) is 11.1 Å². The second-order valence-corrected chi connectivity index (χ2v) is 4.55. The zero-order valence-corrected chi connectivity index (χ0v) is 9.79. The van der Waals surface area contributed by atoms with Crippen LogP contribution in [0.1, 0.15) is 11.1 Å². The Hall–Kier alpha value is -1.80. The minimum Gasteiger partial charge on any atom is -0.329 e. The van der Waals surface area contributed by atoms with E-state index in [0.29, 0.717) is 6.41 Å². The lowest BCUT2D eigenvalue weighted by atomic mass is 10.1. The molecule has 0 spiro atoms. The van der Waals surface area contributed by atoms with Gasteiger partial charge in [-0.05, 0) is 52.9 Å². The van der Waals surface area contributed by atoms with E-state index in [1.165, 1.54) is 22.3 Å². The molecule has 2 aromatic carbocycles. The summed E-state index contributed by atoms with van der Waals surface area (Å²) in [5.74, 6) is 0. The molecule has 1 aliphatic rings. The zero-order chi connectivity index (χ0) is 11.8. The Bertz CT molecular complexity index is 607. The van der Waals surface area contributed by atoms with Crippen molar-refractivity contribution in [3.8, 4) is 11.1 Å². The van der Waals surface area contributed by atoms with Crippen LogP contribution in [0, 0.1) is 0 Å². The van der Waals surface area contributed by atoms with Crippen LogP contribution < -0.4 is 5.32 Å². The van der Waals surface area contributed by atoms with Crippen molar-refractivity contribution in [1.82, 2.24) is 0 Å². The van der Waals surface area contributed by atoms with Gasteiger partial charge in [-0.1, -0.05) is 23.7 Å². The van der Waals surface area contributed by atoms with Crippen LogP contribution in [0.15, 0.2) is 36.4 Å². The monoisotopic (exact) mass is 243 g/mol. The number of carbonyl (C=O) groups excluding carboxylic acids is 1. The van der Waals surface area contributed by atoms with Crippen LogP contribution in [-0.4, -0.2) is 6.41 Å². The maximum atomic E-state index is 10.4. The maximum absolute atomic E-state index is 10.4. The molecular weight excluding hydrogens is 234 g/mol. The van der Waals surface area contributed by atoms with Gasteiger partial charge in [0.15, 0.2) is 0 Å². The molecule has 0 heterocycles. The molecule has 1 amide bonds. The Morgan fingerprint density at radius 3 is 2.53 bits per heavy atom. The number of rotatable bonds is 2. The maximum Gasteiger partial charge on any atom is 0.211 e. The predicted octanol–water partition coefficient (Wildman–Crippen LogP) is 3.48. The van der Waals surface area contributed by atoms with Crippen molar-refractivity contribution in [3.05, 3.63) is 52.5 Å². The topological polar surface area (TPSA) is 29.1 Å². The highest BCUT2D eigenvalue weighted by Crippen LogP contribution is 2.38. The van der Waals surface area contributed by atoms with E-state index in [2.05, 4.69) is 11.4 Å². The van der Waals surface area contributed by atoms with Gasteiger partial charge < -0.3 is 5.32 Å². The number of anilines is 1. The molecule has 17 heavy (non-hydrogen) atoms. The first-order valence-corrected chi connectivity index (χ1v) is 5.77. The van der Waals surface area contributed by atoms with Crippen LogP contribution >= 0.6 is 11.6 Å². The minimum atomic E-state index is 0.695. The van der Waals surface area contributed by atoms with Gasteiger partial charge in [-0.15, -0.1) is 0 Å². The zero-order valence-electron chi connectivity index (χ0n) is 9.03. The van der Waals surface area contributed by atoms with E-state index >= 15 is 0 Å². The van der Waals surface area contributed by atoms with Crippen molar-refractivity contribution in [1.29, 1.82) is 0 Å². The van der Waals surface area contributed by atoms with E-state index in [-0.39, 0.29) is 0 Å². The highest BCUT2D eigenvalue weighted by atomic mass is 35.5. The van der Waals surface area contributed by atoms with Gasteiger partial charge in [0.25, 0.3) is 0 Å². The van der Waals surface area contributed by atoms with E-state index in [1.54, 1.807) is 0 Å². The second-order valence-electron chi connectivity index (χ2n) is 4.11. The summed E-state index contributed by atoms with van der Waals surface area (Å²) in [5, 5.41) is 3.44. The highest BCUT2D eigenvalue weighted by molar-refractivity contribution is 6.30. The fraction of sp³-hybridized carbons (Fsp3) is 0.0714. The van der Waals surface area contributed by atoms with Crippen molar-refractivity contribution in [3.63, 3.8) is 0 Å². The molecule has 84 valence electrons. The summed E-state index contributed by atoms with van der Waals surface area (Å²) in [7, 11) is 0. The predicted molar refractivity (Wildman–Crippen MR) is 69.4 cm³/mol. The van der Waals surface area contributed by atoms with Crippen molar-refractivity contribution in [2.75, 3.05) is 5.32 Å². The average Bonchev–Trinajstić information content (AvgIpc) is 2.65. The number of carbonyl (C=O) groups is 1. The fourth-order valence-corrected chi connectivity index (χ4v) is 2.53. The van der Waals surface area contributed by atoms with Gasteiger partial charge in [-0.2, -0.15) is 0 Å². The smallest absolute Gasteiger partial charge is 0.211 e. The first-order chi connectivity index (χ1) is 8.28. The van der Waals surface area contributed by atoms with Gasteiger partial charge in [0.2, 0.25) is 6.41 Å². The standard InChI is InChI=1S/C14H10ClNO/c15-11-1-3-13-9(6-11)5-10-7-12(16-8-17)2-4-14(10)13/h1-4,6-8H,5H2,(H,16,17). The molecule has 1 N–H and O–H groups in total. The van der Waals surface area contributed by atoms with Crippen LogP contribution in [-0.2, 0) is 11.2 Å². The summed E-state index contributed by atoms with van der Waals surface area (Å²) in [6.07, 6.45) is 1.57. The van der Waals surface area contributed by atoms with Crippen LogP contribution in [0.4, 0.5) is 5.69 Å². The molecule has 0 fully saturated rings. The SMILES string of the molecule is O=CNc1ccc2c(c1)Cc1cc(Cl)ccc1-2. The molecule has 0 atom stereocenters. The van der Waals surface area contributed by atoms with E-state index in [0.717, 1.165) is 17.1 Å². The molecule has 0 bridgehead atoms. The first-order valence-electron chi connectivity index (χ1n) is 5.40. The lowest BCUT2D eigenvalue weighted by Crippen LogP contribution is -1.94. The highest BCUT2D eigenvalue weighted by Gasteiger charge is 2.18. The van der Waals surface area contributed by atoms with Crippen molar-refractivity contribution >= 4 is 23.7 Å². The third-order valence-electron chi connectivity index (χ3n) is 3.07. The number of amides is 1. The Kier molecular flexibility index (Phi) is 2.37. The Morgan fingerprint density at radius 1 is 1.06 bits per heavy atom. The molecule has 1 aliphatic carbocycles. The molecular formula is C14H10ClNO. The molecule has 3 rings (SSSR count). The molecule has 0 unspecified atom stereocenters. The molecule has 0 aromatic heterocycles. The quantitative estimate of drug-likeness (QED) is 0.686. The van der Waals surface area contributed by atoms with E-state index in [4.69, 9.17) is 11.6 Å². The summed E-state index contributed by atoms with van der Waals surface area (Å²) in [4.78, 5) is 10.4. The van der Waals surface area contributed by atoms with Gasteiger partial charge in [-0.3, -0.25) is 4.79 Å². The van der Waals surface area contributed by atoms with E-state index < -0.39 is 0 Å².